The molecule has 0 unspecified atom stereocenters. The molecule has 0 spiro atoms. The largest absolute Gasteiger partial charge is 0.435 e. The second-order valence-corrected chi connectivity index (χ2v) is 10.4. The number of aromatic nitrogens is 1. The van der Waals surface area contributed by atoms with Crippen molar-refractivity contribution in [3.05, 3.63) is 158 Å². The molecule has 3 heteroatoms. The van der Waals surface area contributed by atoms with E-state index < -0.39 is 0 Å². The topological polar surface area (TPSA) is 29.3 Å². The van der Waals surface area contributed by atoms with Gasteiger partial charge < -0.3 is 9.32 Å². The summed E-state index contributed by atoms with van der Waals surface area (Å²) in [5, 5.41) is 4.73. The molecule has 0 radical (unpaired) electrons. The third-order valence-corrected chi connectivity index (χ3v) is 7.89. The van der Waals surface area contributed by atoms with Gasteiger partial charge in [-0.3, -0.25) is 0 Å². The Bertz CT molecular complexity index is 2170. The molecular formula is C39H26N2O. The number of para-hydroxylation sites is 1. The van der Waals surface area contributed by atoms with Crippen LogP contribution in [0, 0.1) is 0 Å². The second kappa shape index (κ2) is 10.1. The van der Waals surface area contributed by atoms with Gasteiger partial charge in [-0.05, 0) is 81.9 Å². The lowest BCUT2D eigenvalue weighted by Gasteiger charge is -2.25. The number of oxazole rings is 1. The van der Waals surface area contributed by atoms with E-state index in [9.17, 15) is 0 Å². The summed E-state index contributed by atoms with van der Waals surface area (Å²) in [6.45, 7) is 0. The molecule has 198 valence electrons. The summed E-state index contributed by atoms with van der Waals surface area (Å²) in [4.78, 5) is 7.08. The van der Waals surface area contributed by atoms with Gasteiger partial charge in [0, 0.05) is 28.0 Å². The molecule has 1 aromatic heterocycles. The van der Waals surface area contributed by atoms with Crippen molar-refractivity contribution < 1.29 is 4.42 Å². The van der Waals surface area contributed by atoms with Crippen LogP contribution in [0.4, 0.5) is 17.1 Å². The van der Waals surface area contributed by atoms with Crippen molar-refractivity contribution in [2.75, 3.05) is 4.90 Å². The molecule has 0 saturated heterocycles. The van der Waals surface area contributed by atoms with Gasteiger partial charge in [-0.1, -0.05) is 103 Å². The van der Waals surface area contributed by atoms with Crippen LogP contribution in [0.25, 0.3) is 55.2 Å². The Morgan fingerprint density at radius 2 is 1.00 bits per heavy atom. The lowest BCUT2D eigenvalue weighted by molar-refractivity contribution is 0.623. The highest BCUT2D eigenvalue weighted by molar-refractivity contribution is 6.03. The zero-order valence-corrected chi connectivity index (χ0v) is 22.8. The van der Waals surface area contributed by atoms with Gasteiger partial charge in [-0.15, -0.1) is 0 Å². The number of anilines is 3. The molecule has 0 fully saturated rings. The minimum absolute atomic E-state index is 0.624. The second-order valence-electron chi connectivity index (χ2n) is 10.4. The van der Waals surface area contributed by atoms with E-state index in [1.165, 1.54) is 21.9 Å². The molecule has 0 atom stereocenters. The summed E-state index contributed by atoms with van der Waals surface area (Å²) in [6, 6.07) is 55.1. The Hall–Kier alpha value is -5.67. The monoisotopic (exact) mass is 538 g/mol. The normalized spacial score (nSPS) is 11.3. The number of benzene rings is 7. The molecule has 42 heavy (non-hydrogen) atoms. The van der Waals surface area contributed by atoms with Gasteiger partial charge in [0.25, 0.3) is 0 Å². The first-order valence-corrected chi connectivity index (χ1v) is 14.1. The zero-order valence-electron chi connectivity index (χ0n) is 22.8. The number of rotatable bonds is 5. The van der Waals surface area contributed by atoms with Gasteiger partial charge in [0.15, 0.2) is 5.58 Å². The Labute approximate surface area is 243 Å². The van der Waals surface area contributed by atoms with E-state index in [4.69, 9.17) is 9.40 Å². The van der Waals surface area contributed by atoms with E-state index in [1.54, 1.807) is 0 Å². The maximum Gasteiger partial charge on any atom is 0.227 e. The van der Waals surface area contributed by atoms with Gasteiger partial charge >= 0.3 is 0 Å². The van der Waals surface area contributed by atoms with Crippen LogP contribution in [-0.2, 0) is 0 Å². The average molecular weight is 539 g/mol. The summed E-state index contributed by atoms with van der Waals surface area (Å²) in [7, 11) is 0. The van der Waals surface area contributed by atoms with Crippen molar-refractivity contribution in [1.29, 1.82) is 0 Å². The van der Waals surface area contributed by atoms with Gasteiger partial charge in [-0.25, -0.2) is 4.98 Å². The highest BCUT2D eigenvalue weighted by Crippen LogP contribution is 2.38. The molecule has 0 aliphatic heterocycles. The van der Waals surface area contributed by atoms with Crippen molar-refractivity contribution in [2.24, 2.45) is 0 Å². The number of nitrogens with zero attached hydrogens (tertiary/aromatic N) is 2. The smallest absolute Gasteiger partial charge is 0.227 e. The Balaban J connectivity index is 1.17. The van der Waals surface area contributed by atoms with Crippen molar-refractivity contribution in [3.8, 4) is 22.6 Å². The van der Waals surface area contributed by atoms with E-state index in [-0.39, 0.29) is 0 Å². The molecule has 0 aliphatic carbocycles. The summed E-state index contributed by atoms with van der Waals surface area (Å²) in [5.41, 5.74) is 8.31. The van der Waals surface area contributed by atoms with E-state index >= 15 is 0 Å². The molecule has 3 nitrogen and oxygen atoms in total. The number of hydrogen-bond acceptors (Lipinski definition) is 3. The molecule has 0 amide bonds. The number of hydrogen-bond donors (Lipinski definition) is 0. The predicted molar refractivity (Wildman–Crippen MR) is 175 cm³/mol. The molecule has 1 heterocycles. The molecule has 0 saturated carbocycles. The van der Waals surface area contributed by atoms with Crippen LogP contribution in [0.3, 0.4) is 0 Å². The van der Waals surface area contributed by atoms with Crippen molar-refractivity contribution in [1.82, 2.24) is 4.98 Å². The van der Waals surface area contributed by atoms with Gasteiger partial charge in [-0.2, -0.15) is 0 Å². The van der Waals surface area contributed by atoms with Gasteiger partial charge in [0.05, 0.1) is 0 Å². The molecule has 8 aromatic rings. The zero-order chi connectivity index (χ0) is 27.9. The van der Waals surface area contributed by atoms with E-state index in [2.05, 4.69) is 138 Å². The predicted octanol–water partition coefficient (Wildman–Crippen LogP) is 10.9. The summed E-state index contributed by atoms with van der Waals surface area (Å²) in [5.74, 6) is 0.624. The van der Waals surface area contributed by atoms with Crippen molar-refractivity contribution >= 4 is 49.7 Å². The summed E-state index contributed by atoms with van der Waals surface area (Å²) in [6.07, 6.45) is 0. The summed E-state index contributed by atoms with van der Waals surface area (Å²) < 4.78 is 6.30. The fraction of sp³-hybridized carbons (Fsp3) is 0. The molecule has 0 bridgehead atoms. The fourth-order valence-electron chi connectivity index (χ4n) is 5.82. The number of fused-ring (bicyclic) bond motifs is 4. The molecule has 0 N–H and O–H groups in total. The SMILES string of the molecule is c1ccc(N(c2ccc(-c3nc4ccc5ccccc5c4o3)cc2)c2ccc(-c3cccc4ccccc34)cc2)cc1. The Kier molecular flexibility index (Phi) is 5.79. The maximum absolute atomic E-state index is 6.30. The highest BCUT2D eigenvalue weighted by atomic mass is 16.3. The first kappa shape index (κ1) is 24.2. The quantitative estimate of drug-likeness (QED) is 0.218. The van der Waals surface area contributed by atoms with Crippen LogP contribution >= 0.6 is 0 Å². The summed E-state index contributed by atoms with van der Waals surface area (Å²) >= 11 is 0. The average Bonchev–Trinajstić information content (AvgIpc) is 3.51. The van der Waals surface area contributed by atoms with E-state index in [0.717, 1.165) is 44.5 Å². The van der Waals surface area contributed by atoms with Crippen molar-refractivity contribution in [3.63, 3.8) is 0 Å². The van der Waals surface area contributed by atoms with Crippen LogP contribution in [0.1, 0.15) is 0 Å². The van der Waals surface area contributed by atoms with Gasteiger partial charge in [0.1, 0.15) is 5.52 Å². The minimum atomic E-state index is 0.624. The van der Waals surface area contributed by atoms with Crippen LogP contribution in [-0.4, -0.2) is 4.98 Å². The van der Waals surface area contributed by atoms with Crippen molar-refractivity contribution in [2.45, 2.75) is 0 Å². The van der Waals surface area contributed by atoms with Crippen LogP contribution in [0.2, 0.25) is 0 Å². The fourth-order valence-corrected chi connectivity index (χ4v) is 5.82. The van der Waals surface area contributed by atoms with Gasteiger partial charge in [0.2, 0.25) is 5.89 Å². The minimum Gasteiger partial charge on any atom is -0.435 e. The lowest BCUT2D eigenvalue weighted by atomic mass is 9.98. The van der Waals surface area contributed by atoms with E-state index in [0.29, 0.717) is 5.89 Å². The third-order valence-electron chi connectivity index (χ3n) is 7.89. The van der Waals surface area contributed by atoms with Crippen LogP contribution in [0.5, 0.6) is 0 Å². The first-order valence-electron chi connectivity index (χ1n) is 14.1. The maximum atomic E-state index is 6.30. The van der Waals surface area contributed by atoms with E-state index in [1.807, 2.05) is 24.3 Å². The molecule has 8 rings (SSSR count). The van der Waals surface area contributed by atoms with Crippen LogP contribution < -0.4 is 4.90 Å². The molecule has 7 aromatic carbocycles. The Morgan fingerprint density at radius 3 is 1.74 bits per heavy atom. The third kappa shape index (κ3) is 4.20. The standard InChI is InChI=1S/C39H26N2O/c1-2-12-31(13-3-1)41(32-22-17-29(18-23-32)35-16-8-11-27-9-4-6-14-34(27)35)33-24-19-30(20-25-33)39-40-37-26-21-28-10-5-7-15-36(28)38(37)42-39/h1-26H. The van der Waals surface area contributed by atoms with Crippen LogP contribution in [0.15, 0.2) is 162 Å². The molecular weight excluding hydrogens is 512 g/mol. The molecule has 0 aliphatic rings. The Morgan fingerprint density at radius 1 is 0.429 bits per heavy atom. The first-order chi connectivity index (χ1) is 20.8. The lowest BCUT2D eigenvalue weighted by Crippen LogP contribution is -2.09. The highest BCUT2D eigenvalue weighted by Gasteiger charge is 2.15.